The third kappa shape index (κ3) is 5.66. The van der Waals surface area contributed by atoms with Crippen molar-refractivity contribution in [3.63, 3.8) is 0 Å². The van der Waals surface area contributed by atoms with Gasteiger partial charge >= 0.3 is 0 Å². The first-order valence-electron chi connectivity index (χ1n) is 13.5. The molecule has 2 fully saturated rings. The van der Waals surface area contributed by atoms with E-state index in [1.54, 1.807) is 7.05 Å². The molecule has 2 aromatic rings. The van der Waals surface area contributed by atoms with Crippen molar-refractivity contribution in [1.82, 2.24) is 19.5 Å². The maximum atomic E-state index is 14.5. The fraction of sp³-hybridized carbons (Fsp3) is 0.267. The number of benzene rings is 1. The van der Waals surface area contributed by atoms with Gasteiger partial charge < -0.3 is 15.5 Å². The molecule has 4 N–H and O–H groups in total. The second kappa shape index (κ2) is 12.1. The largest absolute Gasteiger partial charge is 0.402 e. The number of amidine groups is 1. The summed E-state index contributed by atoms with van der Waals surface area (Å²) in [4.78, 5) is 30.9. The van der Waals surface area contributed by atoms with Gasteiger partial charge in [0.2, 0.25) is 11.9 Å². The number of aromatic nitrogens is 2. The molecule has 5 rings (SSSR count). The van der Waals surface area contributed by atoms with E-state index in [0.29, 0.717) is 47.2 Å². The Labute approximate surface area is 268 Å². The van der Waals surface area contributed by atoms with Gasteiger partial charge in [0.1, 0.15) is 11.7 Å². The van der Waals surface area contributed by atoms with Gasteiger partial charge in [0.15, 0.2) is 5.82 Å². The van der Waals surface area contributed by atoms with Crippen LogP contribution in [-0.2, 0) is 7.05 Å². The van der Waals surface area contributed by atoms with E-state index < -0.39 is 5.83 Å². The Morgan fingerprint density at radius 2 is 1.93 bits per heavy atom. The highest BCUT2D eigenvalue weighted by Crippen LogP contribution is 2.50. The van der Waals surface area contributed by atoms with Gasteiger partial charge in [-0.2, -0.15) is 4.99 Å². The number of anilines is 1. The third-order valence-electron chi connectivity index (χ3n) is 7.90. The second-order valence-corrected chi connectivity index (χ2v) is 12.0. The van der Waals surface area contributed by atoms with Crippen LogP contribution >= 0.6 is 34.2 Å². The molecule has 2 aliphatic heterocycles. The molecule has 43 heavy (non-hydrogen) atoms. The molecule has 13 heteroatoms. The molecule has 0 spiro atoms. The van der Waals surface area contributed by atoms with E-state index in [-0.39, 0.29) is 34.7 Å². The smallest absolute Gasteiger partial charge is 0.255 e. The molecule has 3 heterocycles. The van der Waals surface area contributed by atoms with Crippen molar-refractivity contribution >= 4 is 63.1 Å². The number of hydrazine groups is 1. The van der Waals surface area contributed by atoms with Crippen LogP contribution in [0.5, 0.6) is 0 Å². The summed E-state index contributed by atoms with van der Waals surface area (Å²) in [6.07, 6.45) is 3.71. The topological polar surface area (TPSA) is 121 Å². The van der Waals surface area contributed by atoms with Crippen molar-refractivity contribution in [3.05, 3.63) is 104 Å². The van der Waals surface area contributed by atoms with E-state index in [2.05, 4.69) is 55.6 Å². The number of aliphatic imine (C=N–C) groups is 2. The number of nitrogens with zero attached hydrogens (tertiary/aromatic N) is 7. The van der Waals surface area contributed by atoms with Crippen LogP contribution in [0.3, 0.4) is 0 Å². The summed E-state index contributed by atoms with van der Waals surface area (Å²) in [5, 5.41) is 2.10. The van der Waals surface area contributed by atoms with E-state index >= 15 is 0 Å². The van der Waals surface area contributed by atoms with Crippen molar-refractivity contribution in [2.75, 3.05) is 25.0 Å². The molecule has 1 saturated carbocycles. The average molecular weight is 716 g/mol. The minimum atomic E-state index is -0.690. The summed E-state index contributed by atoms with van der Waals surface area (Å²) < 4.78 is 16.7. The molecule has 3 atom stereocenters. The van der Waals surface area contributed by atoms with Gasteiger partial charge in [-0.1, -0.05) is 55.1 Å². The Kier molecular flexibility index (Phi) is 8.63. The zero-order chi connectivity index (χ0) is 31.2. The molecule has 0 radical (unpaired) electrons. The Hall–Kier alpha value is -3.75. The van der Waals surface area contributed by atoms with Crippen molar-refractivity contribution in [3.8, 4) is 0 Å². The normalized spacial score (nSPS) is 23.0. The minimum absolute atomic E-state index is 0.0955. The average Bonchev–Trinajstić information content (AvgIpc) is 3.49. The number of likely N-dealkylation sites (tertiary alicyclic amines) is 1. The lowest BCUT2D eigenvalue weighted by Gasteiger charge is -2.34. The quantitative estimate of drug-likeness (QED) is 0.248. The van der Waals surface area contributed by atoms with Crippen LogP contribution in [0, 0.1) is 11.8 Å². The van der Waals surface area contributed by atoms with Gasteiger partial charge in [0, 0.05) is 73.5 Å². The van der Waals surface area contributed by atoms with Gasteiger partial charge in [-0.05, 0) is 41.2 Å². The van der Waals surface area contributed by atoms with E-state index in [9.17, 15) is 9.18 Å². The summed E-state index contributed by atoms with van der Waals surface area (Å²) in [5.41, 5.74) is 6.91. The highest BCUT2D eigenvalue weighted by Gasteiger charge is 2.59. The summed E-state index contributed by atoms with van der Waals surface area (Å²) in [6.45, 7) is 11.1. The maximum absolute atomic E-state index is 14.5. The van der Waals surface area contributed by atoms with Crippen LogP contribution in [0.15, 0.2) is 91.8 Å². The van der Waals surface area contributed by atoms with Gasteiger partial charge in [-0.3, -0.25) is 9.36 Å². The number of piperidine rings is 1. The molecule has 10 nitrogen and oxygen atoms in total. The number of hydrogen-bond donors (Lipinski definition) is 2. The number of rotatable bonds is 7. The van der Waals surface area contributed by atoms with Gasteiger partial charge in [0.05, 0.1) is 9.27 Å². The van der Waals surface area contributed by atoms with Crippen LogP contribution in [0.2, 0.25) is 5.02 Å². The highest BCUT2D eigenvalue weighted by atomic mass is 127. The van der Waals surface area contributed by atoms with E-state index in [1.807, 2.05) is 43.1 Å². The molecular weight excluding hydrogens is 684 g/mol. The van der Waals surface area contributed by atoms with Crippen LogP contribution in [0.1, 0.15) is 18.2 Å². The van der Waals surface area contributed by atoms with E-state index in [1.165, 1.54) is 27.8 Å². The van der Waals surface area contributed by atoms with Crippen molar-refractivity contribution < 1.29 is 4.39 Å². The first-order chi connectivity index (χ1) is 20.5. The zero-order valence-corrected chi connectivity index (χ0v) is 26.9. The van der Waals surface area contributed by atoms with Crippen LogP contribution in [0.25, 0.3) is 11.1 Å². The van der Waals surface area contributed by atoms with Gasteiger partial charge in [-0.25, -0.2) is 25.2 Å². The lowest BCUT2D eigenvalue weighted by atomic mass is 10.1. The van der Waals surface area contributed by atoms with E-state index in [4.69, 9.17) is 23.2 Å². The number of halogens is 3. The predicted molar refractivity (Wildman–Crippen MR) is 180 cm³/mol. The highest BCUT2D eigenvalue weighted by molar-refractivity contribution is 14.1. The van der Waals surface area contributed by atoms with Gasteiger partial charge in [0.25, 0.3) is 5.56 Å². The van der Waals surface area contributed by atoms with Crippen LogP contribution in [-0.4, -0.2) is 57.4 Å². The van der Waals surface area contributed by atoms with Crippen molar-refractivity contribution in [2.24, 2.45) is 40.4 Å². The molecule has 0 bridgehead atoms. The summed E-state index contributed by atoms with van der Waals surface area (Å²) in [7, 11) is 3.55. The first-order valence-corrected chi connectivity index (χ1v) is 14.9. The lowest BCUT2D eigenvalue weighted by Crippen LogP contribution is -2.50. The standard InChI is InChI=1S/C30H32ClFIN9O/c1-6-9-19(23(32)13-34)24-12-25(43)39(4)29(38-24)40(5)27-20-14-41(15-21(20)27)30-37-17(3)36-28(42(30)35)26(33)16(2)18-10-7-8-11-22(18)31/h6-13,20-21,27H,1-2,14-15,34-35H2,3-5H3/b19-9+,23-13+,28-26+/t20-,21+,27+. The summed E-state index contributed by atoms with van der Waals surface area (Å²) in [6, 6.07) is 8.92. The Morgan fingerprint density at radius 1 is 1.26 bits per heavy atom. The second-order valence-electron chi connectivity index (χ2n) is 10.5. The van der Waals surface area contributed by atoms with Crippen molar-refractivity contribution in [2.45, 2.75) is 13.0 Å². The SMILES string of the molecule is C=C/C=C(\C(F)=C/N)c1cc(=O)n(C)c(N(C)[C@H]2[C@@H]3CN(C4=NC(C)=N/C(=C(\I)C(=C)c5ccccc5Cl)N4N)C[C@@H]32)n1. The molecule has 3 aliphatic rings. The monoisotopic (exact) mass is 715 g/mol. The predicted octanol–water partition coefficient (Wildman–Crippen LogP) is 4.42. The summed E-state index contributed by atoms with van der Waals surface area (Å²) >= 11 is 8.62. The van der Waals surface area contributed by atoms with Gasteiger partial charge in [-0.15, -0.1) is 0 Å². The molecule has 0 amide bonds. The number of fused-ring (bicyclic) bond motifs is 1. The Bertz CT molecular complexity index is 1710. The number of allylic oxidation sites excluding steroid dienone is 6. The molecule has 1 aromatic carbocycles. The Morgan fingerprint density at radius 3 is 2.56 bits per heavy atom. The molecule has 1 saturated heterocycles. The zero-order valence-electron chi connectivity index (χ0n) is 24.0. The van der Waals surface area contributed by atoms with E-state index in [0.717, 1.165) is 15.3 Å². The first kappa shape index (κ1) is 30.7. The molecular formula is C30H32ClFIN9O. The molecule has 0 unspecified atom stereocenters. The number of nitrogens with two attached hydrogens (primary N) is 2. The van der Waals surface area contributed by atoms with Crippen LogP contribution < -0.4 is 22.0 Å². The lowest BCUT2D eigenvalue weighted by molar-refractivity contribution is 0.365. The molecule has 224 valence electrons. The fourth-order valence-corrected chi connectivity index (χ4v) is 6.63. The maximum Gasteiger partial charge on any atom is 0.255 e. The summed E-state index contributed by atoms with van der Waals surface area (Å²) in [5.74, 6) is 8.66. The fourth-order valence-electron chi connectivity index (χ4n) is 5.70. The Balaban J connectivity index is 1.35. The number of guanidine groups is 1. The number of hydrogen-bond acceptors (Lipinski definition) is 9. The van der Waals surface area contributed by atoms with Crippen LogP contribution in [0.4, 0.5) is 10.3 Å². The minimum Gasteiger partial charge on any atom is -0.402 e. The molecule has 1 aromatic heterocycles. The molecule has 1 aliphatic carbocycles. The third-order valence-corrected chi connectivity index (χ3v) is 9.37. The van der Waals surface area contributed by atoms with Crippen molar-refractivity contribution in [1.29, 1.82) is 0 Å².